The largest absolute Gasteiger partial charge is 0.496 e. The van der Waals surface area contributed by atoms with E-state index in [2.05, 4.69) is 38.5 Å². The number of hydrogen-bond donors (Lipinski definition) is 0. The van der Waals surface area contributed by atoms with E-state index < -0.39 is 0 Å². The third kappa shape index (κ3) is 3.40. The minimum atomic E-state index is -0.288. The van der Waals surface area contributed by atoms with Gasteiger partial charge in [0.2, 0.25) is 0 Å². The Balaban J connectivity index is 2.47. The molecule has 20 heavy (non-hydrogen) atoms. The number of halogens is 3. The number of benzene rings is 2. The SMILES string of the molecule is COc1cc(C(Cl)c2ccc(I)cc2)c(OC)cc1Br. The van der Waals surface area contributed by atoms with Crippen molar-refractivity contribution in [1.29, 1.82) is 0 Å². The third-order valence-electron chi connectivity index (χ3n) is 2.94. The summed E-state index contributed by atoms with van der Waals surface area (Å²) in [4.78, 5) is 0. The Morgan fingerprint density at radius 3 is 2.20 bits per heavy atom. The predicted octanol–water partition coefficient (Wildman–Crippen LogP) is 5.40. The van der Waals surface area contributed by atoms with Crippen LogP contribution in [0.15, 0.2) is 40.9 Å². The van der Waals surface area contributed by atoms with E-state index in [1.54, 1.807) is 14.2 Å². The number of rotatable bonds is 4. The van der Waals surface area contributed by atoms with Gasteiger partial charge in [0.15, 0.2) is 0 Å². The van der Waals surface area contributed by atoms with E-state index in [9.17, 15) is 0 Å². The molecule has 2 aromatic carbocycles. The lowest BCUT2D eigenvalue weighted by atomic mass is 10.0. The van der Waals surface area contributed by atoms with E-state index in [1.165, 1.54) is 3.57 Å². The van der Waals surface area contributed by atoms with Crippen LogP contribution in [-0.2, 0) is 0 Å². The first kappa shape index (κ1) is 15.9. The van der Waals surface area contributed by atoms with Crippen molar-refractivity contribution in [1.82, 2.24) is 0 Å². The Hall–Kier alpha value is -0.460. The maximum atomic E-state index is 6.60. The molecule has 0 saturated heterocycles. The highest BCUT2D eigenvalue weighted by Crippen LogP contribution is 2.40. The van der Waals surface area contributed by atoms with Crippen molar-refractivity contribution in [3.63, 3.8) is 0 Å². The zero-order valence-electron chi connectivity index (χ0n) is 11.0. The Bertz CT molecular complexity index is 602. The molecule has 1 atom stereocenters. The molecule has 0 fully saturated rings. The Morgan fingerprint density at radius 1 is 1.05 bits per heavy atom. The lowest BCUT2D eigenvalue weighted by molar-refractivity contribution is 0.397. The maximum absolute atomic E-state index is 6.60. The summed E-state index contributed by atoms with van der Waals surface area (Å²) in [6.07, 6.45) is 0. The average molecular weight is 468 g/mol. The van der Waals surface area contributed by atoms with Crippen LogP contribution in [0.5, 0.6) is 11.5 Å². The number of methoxy groups -OCH3 is 2. The van der Waals surface area contributed by atoms with Gasteiger partial charge in [0.1, 0.15) is 11.5 Å². The average Bonchev–Trinajstić information content (AvgIpc) is 2.47. The highest BCUT2D eigenvalue weighted by Gasteiger charge is 2.18. The molecule has 0 aliphatic heterocycles. The molecule has 2 aromatic rings. The van der Waals surface area contributed by atoms with Gasteiger partial charge in [-0.1, -0.05) is 12.1 Å². The quantitative estimate of drug-likeness (QED) is 0.443. The summed E-state index contributed by atoms with van der Waals surface area (Å²) in [5.74, 6) is 1.47. The fourth-order valence-electron chi connectivity index (χ4n) is 1.89. The van der Waals surface area contributed by atoms with E-state index in [0.717, 1.165) is 27.1 Å². The second-order valence-corrected chi connectivity index (χ2v) is 6.68. The zero-order valence-corrected chi connectivity index (χ0v) is 15.5. The number of ether oxygens (including phenoxy) is 2. The van der Waals surface area contributed by atoms with Crippen LogP contribution >= 0.6 is 50.1 Å². The van der Waals surface area contributed by atoms with Gasteiger partial charge in [-0.05, 0) is 68.3 Å². The maximum Gasteiger partial charge on any atom is 0.133 e. The van der Waals surface area contributed by atoms with Crippen molar-refractivity contribution < 1.29 is 9.47 Å². The first-order valence-corrected chi connectivity index (χ1v) is 8.18. The summed E-state index contributed by atoms with van der Waals surface area (Å²) in [6, 6.07) is 11.9. The molecule has 0 aliphatic carbocycles. The Morgan fingerprint density at radius 2 is 1.65 bits per heavy atom. The molecule has 0 bridgehead atoms. The van der Waals surface area contributed by atoms with Gasteiger partial charge in [0.25, 0.3) is 0 Å². The number of alkyl halides is 1. The molecule has 0 heterocycles. The van der Waals surface area contributed by atoms with Crippen molar-refractivity contribution in [2.75, 3.05) is 14.2 Å². The number of hydrogen-bond acceptors (Lipinski definition) is 2. The van der Waals surface area contributed by atoms with Gasteiger partial charge in [-0.3, -0.25) is 0 Å². The van der Waals surface area contributed by atoms with E-state index in [1.807, 2.05) is 36.4 Å². The normalized spacial score (nSPS) is 12.1. The molecule has 106 valence electrons. The topological polar surface area (TPSA) is 18.5 Å². The van der Waals surface area contributed by atoms with Crippen LogP contribution < -0.4 is 9.47 Å². The summed E-state index contributed by atoms with van der Waals surface area (Å²) in [7, 11) is 3.26. The molecule has 2 rings (SSSR count). The summed E-state index contributed by atoms with van der Waals surface area (Å²) in [6.45, 7) is 0. The molecular formula is C15H13BrClIO2. The van der Waals surface area contributed by atoms with Gasteiger partial charge in [-0.2, -0.15) is 0 Å². The molecule has 0 aromatic heterocycles. The van der Waals surface area contributed by atoms with Crippen LogP contribution in [0.1, 0.15) is 16.5 Å². The van der Waals surface area contributed by atoms with Gasteiger partial charge in [-0.15, -0.1) is 11.6 Å². The van der Waals surface area contributed by atoms with Crippen LogP contribution in [-0.4, -0.2) is 14.2 Å². The minimum absolute atomic E-state index is 0.288. The Kier molecular flexibility index (Phi) is 5.57. The molecule has 0 spiro atoms. The minimum Gasteiger partial charge on any atom is -0.496 e. The van der Waals surface area contributed by atoms with E-state index in [4.69, 9.17) is 21.1 Å². The molecule has 0 aliphatic rings. The van der Waals surface area contributed by atoms with Crippen LogP contribution in [0.25, 0.3) is 0 Å². The molecule has 0 N–H and O–H groups in total. The molecular weight excluding hydrogens is 454 g/mol. The zero-order chi connectivity index (χ0) is 14.7. The Labute approximate surface area is 145 Å². The smallest absolute Gasteiger partial charge is 0.133 e. The van der Waals surface area contributed by atoms with Crippen molar-refractivity contribution >= 4 is 50.1 Å². The van der Waals surface area contributed by atoms with Crippen LogP contribution in [0.3, 0.4) is 0 Å². The van der Waals surface area contributed by atoms with Gasteiger partial charge in [0, 0.05) is 9.13 Å². The van der Waals surface area contributed by atoms with Gasteiger partial charge in [0.05, 0.1) is 24.1 Å². The lowest BCUT2D eigenvalue weighted by Gasteiger charge is -2.17. The van der Waals surface area contributed by atoms with Crippen molar-refractivity contribution in [2.45, 2.75) is 5.38 Å². The van der Waals surface area contributed by atoms with Crippen molar-refractivity contribution in [3.05, 3.63) is 55.6 Å². The van der Waals surface area contributed by atoms with Gasteiger partial charge < -0.3 is 9.47 Å². The molecule has 1 unspecified atom stereocenters. The van der Waals surface area contributed by atoms with Gasteiger partial charge in [-0.25, -0.2) is 0 Å². The summed E-state index contributed by atoms with van der Waals surface area (Å²) in [5, 5.41) is -0.288. The second-order valence-electron chi connectivity index (χ2n) is 4.14. The molecule has 2 nitrogen and oxygen atoms in total. The third-order valence-corrected chi connectivity index (χ3v) is 4.77. The molecule has 0 radical (unpaired) electrons. The fourth-order valence-corrected chi connectivity index (χ4v) is 3.05. The standard InChI is InChI=1S/C15H13BrClIO2/c1-19-13-8-12(16)14(20-2)7-11(13)15(17)9-3-5-10(18)6-4-9/h3-8,15H,1-2H3. The van der Waals surface area contributed by atoms with Crippen LogP contribution in [0, 0.1) is 3.57 Å². The van der Waals surface area contributed by atoms with Crippen molar-refractivity contribution in [3.8, 4) is 11.5 Å². The van der Waals surface area contributed by atoms with Crippen molar-refractivity contribution in [2.24, 2.45) is 0 Å². The summed E-state index contributed by atoms with van der Waals surface area (Å²) >= 11 is 12.3. The first-order chi connectivity index (χ1) is 9.56. The van der Waals surface area contributed by atoms with E-state index >= 15 is 0 Å². The first-order valence-electron chi connectivity index (χ1n) is 5.87. The van der Waals surface area contributed by atoms with Crippen LogP contribution in [0.4, 0.5) is 0 Å². The lowest BCUT2D eigenvalue weighted by Crippen LogP contribution is -1.99. The molecule has 0 amide bonds. The fraction of sp³-hybridized carbons (Fsp3) is 0.200. The monoisotopic (exact) mass is 466 g/mol. The molecule has 0 saturated carbocycles. The highest BCUT2D eigenvalue weighted by atomic mass is 127. The summed E-state index contributed by atoms with van der Waals surface area (Å²) in [5.41, 5.74) is 1.91. The predicted molar refractivity (Wildman–Crippen MR) is 94.1 cm³/mol. The van der Waals surface area contributed by atoms with E-state index in [-0.39, 0.29) is 5.38 Å². The summed E-state index contributed by atoms with van der Waals surface area (Å²) < 4.78 is 12.8. The molecule has 5 heteroatoms. The van der Waals surface area contributed by atoms with Gasteiger partial charge >= 0.3 is 0 Å². The second kappa shape index (κ2) is 7.00. The van der Waals surface area contributed by atoms with Crippen LogP contribution in [0.2, 0.25) is 0 Å². The van der Waals surface area contributed by atoms with E-state index in [0.29, 0.717) is 0 Å². The highest BCUT2D eigenvalue weighted by molar-refractivity contribution is 14.1.